The zero-order valence-corrected chi connectivity index (χ0v) is 16.0. The van der Waals surface area contributed by atoms with Crippen molar-refractivity contribution in [1.82, 2.24) is 14.8 Å². The average Bonchev–Trinajstić information content (AvgIpc) is 3.05. The third-order valence-corrected chi connectivity index (χ3v) is 5.80. The van der Waals surface area contributed by atoms with E-state index < -0.39 is 5.82 Å². The fourth-order valence-corrected chi connectivity index (χ4v) is 4.26. The van der Waals surface area contributed by atoms with E-state index in [2.05, 4.69) is 29.2 Å². The molecule has 2 saturated heterocycles. The lowest BCUT2D eigenvalue weighted by molar-refractivity contribution is -0.133. The van der Waals surface area contributed by atoms with Crippen molar-refractivity contribution in [3.8, 4) is 0 Å². The van der Waals surface area contributed by atoms with Gasteiger partial charge in [-0.25, -0.2) is 9.37 Å². The number of aryl methyl sites for hydroxylation is 1. The van der Waals surface area contributed by atoms with E-state index >= 15 is 0 Å². The second-order valence-electron chi connectivity index (χ2n) is 7.80. The van der Waals surface area contributed by atoms with E-state index in [9.17, 15) is 14.0 Å². The number of amides is 2. The number of fused-ring (bicyclic) bond motifs is 1. The number of benzene rings is 1. The zero-order valence-electron chi connectivity index (χ0n) is 16.0. The van der Waals surface area contributed by atoms with Crippen LogP contribution in [0, 0.1) is 18.7 Å². The zero-order chi connectivity index (χ0) is 19.7. The van der Waals surface area contributed by atoms with Gasteiger partial charge < -0.3 is 9.80 Å². The van der Waals surface area contributed by atoms with Crippen molar-refractivity contribution < 1.29 is 14.0 Å². The highest BCUT2D eigenvalue weighted by atomic mass is 19.1. The first-order valence-electron chi connectivity index (χ1n) is 9.77. The van der Waals surface area contributed by atoms with Gasteiger partial charge in [0.15, 0.2) is 0 Å². The minimum absolute atomic E-state index is 0.0145. The average molecular weight is 381 g/mol. The Balaban J connectivity index is 1.53. The van der Waals surface area contributed by atoms with E-state index in [1.54, 1.807) is 4.90 Å². The molecule has 2 amide bonds. The van der Waals surface area contributed by atoms with Crippen molar-refractivity contribution in [3.63, 3.8) is 0 Å². The van der Waals surface area contributed by atoms with Crippen LogP contribution in [0.25, 0.3) is 0 Å². The summed E-state index contributed by atoms with van der Waals surface area (Å²) in [6.45, 7) is 3.72. The molecule has 2 atom stereocenters. The minimum atomic E-state index is -0.460. The van der Waals surface area contributed by atoms with E-state index in [-0.39, 0.29) is 29.5 Å². The number of carbonyl (C=O) groups excluding carboxylic acids is 2. The standard InChI is InChI=1S/C22H24FN3O2/c1-15-5-7-16(8-6-15)12-26-20-14-25(13-17(20)3-2-4-21(26)27)22(28)19-10-9-18(23)11-24-19/h5-11,17,20H,2-4,12-14H2,1H3/t17-,20+/m1/s1. The van der Waals surface area contributed by atoms with Gasteiger partial charge in [0.05, 0.1) is 12.2 Å². The Hall–Kier alpha value is -2.76. The molecule has 0 aliphatic carbocycles. The molecule has 4 rings (SSSR count). The van der Waals surface area contributed by atoms with Crippen LogP contribution >= 0.6 is 0 Å². The van der Waals surface area contributed by atoms with E-state index in [0.29, 0.717) is 26.1 Å². The number of aromatic nitrogens is 1. The first-order chi connectivity index (χ1) is 13.5. The molecule has 28 heavy (non-hydrogen) atoms. The van der Waals surface area contributed by atoms with Gasteiger partial charge in [-0.05, 0) is 43.4 Å². The van der Waals surface area contributed by atoms with Crippen molar-refractivity contribution in [2.75, 3.05) is 13.1 Å². The molecule has 0 bridgehead atoms. The van der Waals surface area contributed by atoms with Crippen LogP contribution in [-0.2, 0) is 11.3 Å². The summed E-state index contributed by atoms with van der Waals surface area (Å²) in [5.74, 6) is -0.239. The van der Waals surface area contributed by atoms with Crippen LogP contribution < -0.4 is 0 Å². The number of hydrogen-bond donors (Lipinski definition) is 0. The smallest absolute Gasteiger partial charge is 0.272 e. The highest BCUT2D eigenvalue weighted by Crippen LogP contribution is 2.32. The van der Waals surface area contributed by atoms with Gasteiger partial charge in [0.25, 0.3) is 5.91 Å². The molecule has 6 heteroatoms. The van der Waals surface area contributed by atoms with Crippen molar-refractivity contribution >= 4 is 11.8 Å². The Labute approximate surface area is 164 Å². The number of rotatable bonds is 3. The molecule has 146 valence electrons. The van der Waals surface area contributed by atoms with Crippen LogP contribution in [0.2, 0.25) is 0 Å². The predicted octanol–water partition coefficient (Wildman–Crippen LogP) is 3.18. The second kappa shape index (κ2) is 7.70. The van der Waals surface area contributed by atoms with Crippen molar-refractivity contribution in [2.45, 2.75) is 38.8 Å². The van der Waals surface area contributed by atoms with Crippen LogP contribution in [0.1, 0.15) is 40.9 Å². The monoisotopic (exact) mass is 381 g/mol. The largest absolute Gasteiger partial charge is 0.335 e. The van der Waals surface area contributed by atoms with Gasteiger partial charge in [-0.2, -0.15) is 0 Å². The molecule has 1 aromatic heterocycles. The van der Waals surface area contributed by atoms with Gasteiger partial charge in [0.2, 0.25) is 5.91 Å². The third kappa shape index (κ3) is 3.77. The summed E-state index contributed by atoms with van der Waals surface area (Å²) in [5.41, 5.74) is 2.53. The van der Waals surface area contributed by atoms with E-state index in [1.807, 2.05) is 11.8 Å². The maximum absolute atomic E-state index is 13.1. The van der Waals surface area contributed by atoms with Gasteiger partial charge >= 0.3 is 0 Å². The molecule has 2 fully saturated rings. The molecule has 5 nitrogen and oxygen atoms in total. The molecule has 2 aromatic rings. The van der Waals surface area contributed by atoms with Gasteiger partial charge in [-0.15, -0.1) is 0 Å². The Morgan fingerprint density at radius 2 is 1.96 bits per heavy atom. The predicted molar refractivity (Wildman–Crippen MR) is 103 cm³/mol. The fraction of sp³-hybridized carbons (Fsp3) is 0.409. The maximum Gasteiger partial charge on any atom is 0.272 e. The van der Waals surface area contributed by atoms with Crippen LogP contribution in [-0.4, -0.2) is 45.7 Å². The lowest BCUT2D eigenvalue weighted by Gasteiger charge is -2.30. The number of likely N-dealkylation sites (tertiary alicyclic amines) is 2. The van der Waals surface area contributed by atoms with Crippen LogP contribution in [0.4, 0.5) is 4.39 Å². The normalized spacial score (nSPS) is 22.1. The molecule has 0 N–H and O–H groups in total. The van der Waals surface area contributed by atoms with Gasteiger partial charge in [0, 0.05) is 26.1 Å². The van der Waals surface area contributed by atoms with Gasteiger partial charge in [0.1, 0.15) is 11.5 Å². The quantitative estimate of drug-likeness (QED) is 0.821. The number of halogens is 1. The Bertz CT molecular complexity index is 866. The molecular formula is C22H24FN3O2. The number of hydrogen-bond acceptors (Lipinski definition) is 3. The molecule has 0 radical (unpaired) electrons. The first kappa shape index (κ1) is 18.6. The summed E-state index contributed by atoms with van der Waals surface area (Å²) >= 11 is 0. The second-order valence-corrected chi connectivity index (χ2v) is 7.80. The Kier molecular flexibility index (Phi) is 5.11. The van der Waals surface area contributed by atoms with Crippen molar-refractivity contribution in [3.05, 3.63) is 65.2 Å². The van der Waals surface area contributed by atoms with Crippen molar-refractivity contribution in [1.29, 1.82) is 0 Å². The SMILES string of the molecule is Cc1ccc(CN2C(=O)CCC[C@@H]3CN(C(=O)c4ccc(F)cn4)C[C@@H]32)cc1. The topological polar surface area (TPSA) is 53.5 Å². The Morgan fingerprint density at radius 3 is 2.68 bits per heavy atom. The highest BCUT2D eigenvalue weighted by molar-refractivity contribution is 5.92. The molecular weight excluding hydrogens is 357 g/mol. The van der Waals surface area contributed by atoms with Crippen LogP contribution in [0.15, 0.2) is 42.6 Å². The lowest BCUT2D eigenvalue weighted by atomic mass is 9.98. The Morgan fingerprint density at radius 1 is 1.18 bits per heavy atom. The van der Waals surface area contributed by atoms with E-state index in [0.717, 1.165) is 24.6 Å². The van der Waals surface area contributed by atoms with Gasteiger partial charge in [-0.1, -0.05) is 29.8 Å². The molecule has 3 heterocycles. The molecule has 2 aliphatic rings. The fourth-order valence-electron chi connectivity index (χ4n) is 4.26. The van der Waals surface area contributed by atoms with E-state index in [1.165, 1.54) is 17.7 Å². The summed E-state index contributed by atoms with van der Waals surface area (Å²) in [7, 11) is 0. The lowest BCUT2D eigenvalue weighted by Crippen LogP contribution is -2.43. The molecule has 0 spiro atoms. The molecule has 1 aromatic carbocycles. The van der Waals surface area contributed by atoms with E-state index in [4.69, 9.17) is 0 Å². The summed E-state index contributed by atoms with van der Waals surface area (Å²) in [5, 5.41) is 0. The highest BCUT2D eigenvalue weighted by Gasteiger charge is 2.42. The number of nitrogens with zero attached hydrogens (tertiary/aromatic N) is 3. The molecule has 0 saturated carbocycles. The summed E-state index contributed by atoms with van der Waals surface area (Å²) in [6, 6.07) is 10.9. The summed E-state index contributed by atoms with van der Waals surface area (Å²) < 4.78 is 13.1. The van der Waals surface area contributed by atoms with Crippen LogP contribution in [0.5, 0.6) is 0 Å². The third-order valence-electron chi connectivity index (χ3n) is 5.80. The molecule has 2 aliphatic heterocycles. The van der Waals surface area contributed by atoms with Crippen molar-refractivity contribution in [2.24, 2.45) is 5.92 Å². The molecule has 0 unspecified atom stereocenters. The maximum atomic E-state index is 13.1. The summed E-state index contributed by atoms with van der Waals surface area (Å²) in [6.07, 6.45) is 3.41. The number of carbonyl (C=O) groups is 2. The first-order valence-corrected chi connectivity index (χ1v) is 9.77. The minimum Gasteiger partial charge on any atom is -0.335 e. The van der Waals surface area contributed by atoms with Gasteiger partial charge in [-0.3, -0.25) is 9.59 Å². The number of pyridine rings is 1. The van der Waals surface area contributed by atoms with Crippen LogP contribution in [0.3, 0.4) is 0 Å². The summed E-state index contributed by atoms with van der Waals surface area (Å²) in [4.78, 5) is 33.2.